The van der Waals surface area contributed by atoms with Crippen LogP contribution >= 0.6 is 11.6 Å². The van der Waals surface area contributed by atoms with Crippen LogP contribution in [0.5, 0.6) is 5.75 Å². The second-order valence-corrected chi connectivity index (χ2v) is 5.68. The summed E-state index contributed by atoms with van der Waals surface area (Å²) < 4.78 is 5.27. The highest BCUT2D eigenvalue weighted by Crippen LogP contribution is 2.49. The first-order valence-electron chi connectivity index (χ1n) is 6.86. The van der Waals surface area contributed by atoms with Crippen molar-refractivity contribution in [2.24, 2.45) is 0 Å². The zero-order chi connectivity index (χ0) is 14.9. The molecular formula is C17H16ClNO2. The molecule has 1 aliphatic rings. The van der Waals surface area contributed by atoms with Crippen molar-refractivity contribution in [1.82, 2.24) is 0 Å². The van der Waals surface area contributed by atoms with Gasteiger partial charge in [0.2, 0.25) is 5.91 Å². The third-order valence-corrected chi connectivity index (χ3v) is 4.15. The van der Waals surface area contributed by atoms with E-state index in [2.05, 4.69) is 5.32 Å². The van der Waals surface area contributed by atoms with Gasteiger partial charge < -0.3 is 10.1 Å². The van der Waals surface area contributed by atoms with Crippen LogP contribution in [0.1, 0.15) is 18.4 Å². The maximum absolute atomic E-state index is 12.7. The molecule has 1 amide bonds. The Labute approximate surface area is 128 Å². The van der Waals surface area contributed by atoms with E-state index in [4.69, 9.17) is 16.3 Å². The molecular weight excluding hydrogens is 286 g/mol. The minimum atomic E-state index is -0.453. The van der Waals surface area contributed by atoms with Crippen molar-refractivity contribution in [2.45, 2.75) is 18.3 Å². The fourth-order valence-electron chi connectivity index (χ4n) is 2.55. The third-order valence-electron chi connectivity index (χ3n) is 3.92. The van der Waals surface area contributed by atoms with Crippen LogP contribution in [0.2, 0.25) is 5.02 Å². The van der Waals surface area contributed by atoms with Crippen LogP contribution < -0.4 is 10.1 Å². The fraction of sp³-hybridized carbons (Fsp3) is 0.235. The van der Waals surface area contributed by atoms with Crippen molar-refractivity contribution >= 4 is 23.2 Å². The quantitative estimate of drug-likeness (QED) is 0.926. The van der Waals surface area contributed by atoms with Gasteiger partial charge in [-0.3, -0.25) is 4.79 Å². The van der Waals surface area contributed by atoms with Crippen LogP contribution in [0.3, 0.4) is 0 Å². The number of benzene rings is 2. The van der Waals surface area contributed by atoms with E-state index < -0.39 is 5.41 Å². The number of halogens is 1. The van der Waals surface area contributed by atoms with E-state index in [1.807, 2.05) is 48.5 Å². The van der Waals surface area contributed by atoms with Crippen LogP contribution in [0, 0.1) is 0 Å². The second-order valence-electron chi connectivity index (χ2n) is 5.25. The van der Waals surface area contributed by atoms with Gasteiger partial charge in [0.05, 0.1) is 18.2 Å². The lowest BCUT2D eigenvalue weighted by atomic mass is 9.95. The summed E-state index contributed by atoms with van der Waals surface area (Å²) in [4.78, 5) is 12.7. The highest BCUT2D eigenvalue weighted by molar-refractivity contribution is 6.30. The number of rotatable bonds is 4. The van der Waals surface area contributed by atoms with Gasteiger partial charge in [-0.2, -0.15) is 0 Å². The number of carbonyl (C=O) groups is 1. The molecule has 21 heavy (non-hydrogen) atoms. The number of para-hydroxylation sites is 2. The average molecular weight is 302 g/mol. The van der Waals surface area contributed by atoms with Gasteiger partial charge in [0.15, 0.2) is 0 Å². The van der Waals surface area contributed by atoms with Crippen molar-refractivity contribution in [2.75, 3.05) is 12.4 Å². The Bertz CT molecular complexity index is 680. The standard InChI is InChI=1S/C17H16ClNO2/c1-21-15-8-3-2-7-14(15)19-16(20)17(9-10-17)12-5-4-6-13(18)11-12/h2-8,11H,9-10H2,1H3,(H,19,20). The summed E-state index contributed by atoms with van der Waals surface area (Å²) in [6.07, 6.45) is 1.68. The number of carbonyl (C=O) groups excluding carboxylic acids is 1. The fourth-order valence-corrected chi connectivity index (χ4v) is 2.74. The minimum Gasteiger partial charge on any atom is -0.495 e. The molecule has 1 saturated carbocycles. The highest BCUT2D eigenvalue weighted by Gasteiger charge is 2.51. The maximum atomic E-state index is 12.7. The van der Waals surface area contributed by atoms with Crippen molar-refractivity contribution in [3.63, 3.8) is 0 Å². The molecule has 2 aromatic carbocycles. The Morgan fingerprint density at radius 2 is 1.95 bits per heavy atom. The highest BCUT2D eigenvalue weighted by atomic mass is 35.5. The van der Waals surface area contributed by atoms with E-state index in [1.54, 1.807) is 7.11 Å². The van der Waals surface area contributed by atoms with E-state index in [1.165, 1.54) is 0 Å². The van der Waals surface area contributed by atoms with Gasteiger partial charge in [-0.25, -0.2) is 0 Å². The molecule has 0 saturated heterocycles. The molecule has 1 fully saturated rings. The lowest BCUT2D eigenvalue weighted by molar-refractivity contribution is -0.118. The number of anilines is 1. The van der Waals surface area contributed by atoms with Gasteiger partial charge in [-0.1, -0.05) is 35.9 Å². The zero-order valence-corrected chi connectivity index (χ0v) is 12.5. The Balaban J connectivity index is 1.85. The van der Waals surface area contributed by atoms with Crippen molar-refractivity contribution in [3.8, 4) is 5.75 Å². The molecule has 2 aromatic rings. The molecule has 0 spiro atoms. The van der Waals surface area contributed by atoms with Gasteiger partial charge in [0.25, 0.3) is 0 Å². The summed E-state index contributed by atoms with van der Waals surface area (Å²) in [5, 5.41) is 3.63. The number of nitrogens with one attached hydrogen (secondary N) is 1. The summed E-state index contributed by atoms with van der Waals surface area (Å²) in [6, 6.07) is 14.9. The molecule has 108 valence electrons. The summed E-state index contributed by atoms with van der Waals surface area (Å²) in [5.41, 5.74) is 1.21. The SMILES string of the molecule is COc1ccccc1NC(=O)C1(c2cccc(Cl)c2)CC1. The first-order chi connectivity index (χ1) is 10.2. The van der Waals surface area contributed by atoms with Crippen LogP contribution in [-0.2, 0) is 10.2 Å². The topological polar surface area (TPSA) is 38.3 Å². The van der Waals surface area contributed by atoms with E-state index in [0.717, 1.165) is 18.4 Å². The van der Waals surface area contributed by atoms with E-state index in [0.29, 0.717) is 16.5 Å². The Kier molecular flexibility index (Phi) is 3.60. The molecule has 3 nitrogen and oxygen atoms in total. The number of hydrogen-bond acceptors (Lipinski definition) is 2. The first kappa shape index (κ1) is 14.0. The van der Waals surface area contributed by atoms with Crippen LogP contribution in [0.15, 0.2) is 48.5 Å². The lowest BCUT2D eigenvalue weighted by Crippen LogP contribution is -2.28. The van der Waals surface area contributed by atoms with E-state index >= 15 is 0 Å². The van der Waals surface area contributed by atoms with Crippen molar-refractivity contribution in [3.05, 3.63) is 59.1 Å². The predicted molar refractivity (Wildman–Crippen MR) is 84.0 cm³/mol. The summed E-state index contributed by atoms with van der Waals surface area (Å²) in [7, 11) is 1.59. The molecule has 0 aromatic heterocycles. The van der Waals surface area contributed by atoms with Gasteiger partial charge in [0, 0.05) is 5.02 Å². The molecule has 0 radical (unpaired) electrons. The average Bonchev–Trinajstić information content (AvgIpc) is 3.29. The van der Waals surface area contributed by atoms with Gasteiger partial charge >= 0.3 is 0 Å². The lowest BCUT2D eigenvalue weighted by Gasteiger charge is -2.17. The Morgan fingerprint density at radius 1 is 1.19 bits per heavy atom. The molecule has 3 rings (SSSR count). The van der Waals surface area contributed by atoms with Gasteiger partial charge in [-0.15, -0.1) is 0 Å². The minimum absolute atomic E-state index is 0.00531. The number of amides is 1. The largest absolute Gasteiger partial charge is 0.495 e. The summed E-state index contributed by atoms with van der Waals surface area (Å²) in [6.45, 7) is 0. The summed E-state index contributed by atoms with van der Waals surface area (Å²) >= 11 is 6.04. The molecule has 1 N–H and O–H groups in total. The molecule has 0 atom stereocenters. The maximum Gasteiger partial charge on any atom is 0.235 e. The number of hydrogen-bond donors (Lipinski definition) is 1. The zero-order valence-electron chi connectivity index (χ0n) is 11.7. The normalized spacial score (nSPS) is 15.3. The second kappa shape index (κ2) is 5.41. The number of ether oxygens (including phenoxy) is 1. The molecule has 0 bridgehead atoms. The Hall–Kier alpha value is -2.00. The van der Waals surface area contributed by atoms with Crippen LogP contribution in [-0.4, -0.2) is 13.0 Å². The van der Waals surface area contributed by atoms with Crippen molar-refractivity contribution in [1.29, 1.82) is 0 Å². The molecule has 1 aliphatic carbocycles. The first-order valence-corrected chi connectivity index (χ1v) is 7.24. The Morgan fingerprint density at radius 3 is 2.62 bits per heavy atom. The predicted octanol–water partition coefficient (Wildman–Crippen LogP) is 4.02. The van der Waals surface area contributed by atoms with E-state index in [9.17, 15) is 4.79 Å². The number of methoxy groups -OCH3 is 1. The van der Waals surface area contributed by atoms with Gasteiger partial charge in [-0.05, 0) is 42.7 Å². The van der Waals surface area contributed by atoms with Crippen LogP contribution in [0.4, 0.5) is 5.69 Å². The smallest absolute Gasteiger partial charge is 0.235 e. The van der Waals surface area contributed by atoms with E-state index in [-0.39, 0.29) is 5.91 Å². The molecule has 0 heterocycles. The monoisotopic (exact) mass is 301 g/mol. The summed E-state index contributed by atoms with van der Waals surface area (Å²) in [5.74, 6) is 0.655. The van der Waals surface area contributed by atoms with Gasteiger partial charge in [0.1, 0.15) is 5.75 Å². The molecule has 4 heteroatoms. The van der Waals surface area contributed by atoms with Crippen molar-refractivity contribution < 1.29 is 9.53 Å². The third kappa shape index (κ3) is 2.61. The molecule has 0 aliphatic heterocycles. The van der Waals surface area contributed by atoms with Crippen LogP contribution in [0.25, 0.3) is 0 Å². The molecule has 0 unspecified atom stereocenters.